The summed E-state index contributed by atoms with van der Waals surface area (Å²) in [6.07, 6.45) is 4.40. The van der Waals surface area contributed by atoms with Crippen molar-refractivity contribution in [3.05, 3.63) is 29.3 Å². The monoisotopic (exact) mass is 428 g/mol. The molecule has 0 radical (unpaired) electrons. The van der Waals surface area contributed by atoms with E-state index < -0.39 is 0 Å². The highest BCUT2D eigenvalue weighted by atomic mass is 32.1. The summed E-state index contributed by atoms with van der Waals surface area (Å²) in [6.45, 7) is 6.37. The maximum absolute atomic E-state index is 13.4. The van der Waals surface area contributed by atoms with Crippen molar-refractivity contribution in [3.8, 4) is 0 Å². The molecular weight excluding hydrogens is 396 g/mol. The fourth-order valence-electron chi connectivity index (χ4n) is 4.84. The quantitative estimate of drug-likeness (QED) is 0.595. The zero-order chi connectivity index (χ0) is 20.5. The van der Waals surface area contributed by atoms with Crippen LogP contribution in [0.4, 0.5) is 0 Å². The van der Waals surface area contributed by atoms with Crippen LogP contribution < -0.4 is 21.3 Å². The van der Waals surface area contributed by atoms with Gasteiger partial charge in [0.05, 0.1) is 16.4 Å². The number of fused-ring (bicyclic) bond motifs is 1. The lowest BCUT2D eigenvalue weighted by atomic mass is 9.98. The van der Waals surface area contributed by atoms with Crippen molar-refractivity contribution in [2.24, 2.45) is 5.92 Å². The van der Waals surface area contributed by atoms with Gasteiger partial charge in [0, 0.05) is 25.7 Å². The van der Waals surface area contributed by atoms with Crippen LogP contribution in [-0.4, -0.2) is 60.5 Å². The normalized spacial score (nSPS) is 31.7. The van der Waals surface area contributed by atoms with E-state index in [1.807, 2.05) is 18.2 Å². The first-order valence-electron chi connectivity index (χ1n) is 11.3. The molecule has 1 amide bonds. The molecule has 1 aromatic carbocycles. The smallest absolute Gasteiger partial charge is 0.235 e. The standard InChI is InChI=1S/C22H32N6OS/c1-14-8-11-28(12-9-14)22-26-19(24-15-5-4-10-23-13-15)18(20(29)27-22)21-25-16-6-2-3-7-17(16)30-21/h2-3,6-7,14-15,18-19,22-24,26H,4-5,8-13H2,1H3,(H,27,29)/t15-,18?,19?,22?/m1/s1. The van der Waals surface area contributed by atoms with Crippen LogP contribution in [0, 0.1) is 5.92 Å². The van der Waals surface area contributed by atoms with Crippen LogP contribution in [0.1, 0.15) is 43.5 Å². The number of carbonyl (C=O) groups excluding carboxylic acids is 1. The summed E-state index contributed by atoms with van der Waals surface area (Å²) in [5, 5.41) is 15.1. The predicted molar refractivity (Wildman–Crippen MR) is 120 cm³/mol. The highest BCUT2D eigenvalue weighted by Gasteiger charge is 2.42. The molecule has 5 rings (SSSR count). The number of thiazole rings is 1. The molecule has 4 N–H and O–H groups in total. The molecule has 8 heteroatoms. The van der Waals surface area contributed by atoms with E-state index in [1.54, 1.807) is 11.3 Å². The average molecular weight is 429 g/mol. The van der Waals surface area contributed by atoms with Crippen molar-refractivity contribution >= 4 is 27.5 Å². The number of amides is 1. The highest BCUT2D eigenvalue weighted by molar-refractivity contribution is 7.18. The number of piperidine rings is 2. The highest BCUT2D eigenvalue weighted by Crippen LogP contribution is 2.31. The first-order valence-corrected chi connectivity index (χ1v) is 12.1. The Morgan fingerprint density at radius 3 is 2.80 bits per heavy atom. The Balaban J connectivity index is 1.39. The zero-order valence-corrected chi connectivity index (χ0v) is 18.4. The number of hydrogen-bond acceptors (Lipinski definition) is 7. The fraction of sp³-hybridized carbons (Fsp3) is 0.636. The van der Waals surface area contributed by atoms with E-state index in [9.17, 15) is 4.79 Å². The number of para-hydroxylation sites is 1. The van der Waals surface area contributed by atoms with Gasteiger partial charge < -0.3 is 10.6 Å². The number of rotatable bonds is 4. The van der Waals surface area contributed by atoms with Crippen molar-refractivity contribution in [3.63, 3.8) is 0 Å². The second-order valence-electron chi connectivity index (χ2n) is 8.98. The molecule has 3 fully saturated rings. The molecule has 0 saturated carbocycles. The molecule has 1 aromatic heterocycles. The molecule has 0 spiro atoms. The van der Waals surface area contributed by atoms with Crippen LogP contribution in [-0.2, 0) is 4.79 Å². The number of nitrogens with one attached hydrogen (secondary N) is 4. The number of aromatic nitrogens is 1. The van der Waals surface area contributed by atoms with Gasteiger partial charge in [-0.3, -0.25) is 20.3 Å². The lowest BCUT2D eigenvalue weighted by Gasteiger charge is -2.45. The number of carbonyl (C=O) groups is 1. The summed E-state index contributed by atoms with van der Waals surface area (Å²) in [5.41, 5.74) is 0.968. The van der Waals surface area contributed by atoms with Gasteiger partial charge in [-0.05, 0) is 50.3 Å². The first kappa shape index (κ1) is 20.3. The Hall–Kier alpha value is -1.58. The molecule has 4 heterocycles. The molecule has 3 aliphatic rings. The molecule has 0 aliphatic carbocycles. The maximum Gasteiger partial charge on any atom is 0.235 e. The van der Waals surface area contributed by atoms with Crippen LogP contribution in [0.5, 0.6) is 0 Å². The molecule has 30 heavy (non-hydrogen) atoms. The van der Waals surface area contributed by atoms with E-state index >= 15 is 0 Å². The Kier molecular flexibility index (Phi) is 6.02. The van der Waals surface area contributed by atoms with Gasteiger partial charge in [-0.2, -0.15) is 0 Å². The summed E-state index contributed by atoms with van der Waals surface area (Å²) in [7, 11) is 0. The first-order chi connectivity index (χ1) is 14.7. The average Bonchev–Trinajstić information content (AvgIpc) is 3.18. The van der Waals surface area contributed by atoms with Crippen LogP contribution in [0.2, 0.25) is 0 Å². The molecule has 4 atom stereocenters. The predicted octanol–water partition coefficient (Wildman–Crippen LogP) is 1.78. The Morgan fingerprint density at radius 1 is 1.20 bits per heavy atom. The number of benzene rings is 1. The molecule has 0 bridgehead atoms. The topological polar surface area (TPSA) is 81.3 Å². The Labute approximate surface area is 182 Å². The lowest BCUT2D eigenvalue weighted by Crippen LogP contribution is -2.71. The maximum atomic E-state index is 13.4. The molecule has 2 aromatic rings. The van der Waals surface area contributed by atoms with Gasteiger partial charge in [-0.15, -0.1) is 11.3 Å². The SMILES string of the molecule is CC1CCN(C2NC(=O)C(c3nc4ccccc4s3)C(N[C@@H]3CCCNC3)N2)CC1. The van der Waals surface area contributed by atoms with Gasteiger partial charge in [-0.1, -0.05) is 19.1 Å². The van der Waals surface area contributed by atoms with Crippen LogP contribution in [0.15, 0.2) is 24.3 Å². The van der Waals surface area contributed by atoms with Gasteiger partial charge >= 0.3 is 0 Å². The molecule has 3 saturated heterocycles. The fourth-order valence-corrected chi connectivity index (χ4v) is 5.94. The van der Waals surface area contributed by atoms with Crippen molar-refractivity contribution in [1.82, 2.24) is 31.2 Å². The summed E-state index contributed by atoms with van der Waals surface area (Å²) >= 11 is 1.63. The van der Waals surface area contributed by atoms with Crippen LogP contribution >= 0.6 is 11.3 Å². The third-order valence-electron chi connectivity index (χ3n) is 6.70. The van der Waals surface area contributed by atoms with Gasteiger partial charge in [0.15, 0.2) is 0 Å². The largest absolute Gasteiger partial charge is 0.327 e. The summed E-state index contributed by atoms with van der Waals surface area (Å²) in [6, 6.07) is 8.49. The summed E-state index contributed by atoms with van der Waals surface area (Å²) in [5.74, 6) is 0.500. The third-order valence-corrected chi connectivity index (χ3v) is 7.82. The van der Waals surface area contributed by atoms with Gasteiger partial charge in [0.2, 0.25) is 5.91 Å². The minimum absolute atomic E-state index is 0.0673. The van der Waals surface area contributed by atoms with Crippen molar-refractivity contribution < 1.29 is 4.79 Å². The second-order valence-corrected chi connectivity index (χ2v) is 10.0. The zero-order valence-electron chi connectivity index (χ0n) is 17.6. The van der Waals surface area contributed by atoms with Gasteiger partial charge in [0.1, 0.15) is 17.2 Å². The van der Waals surface area contributed by atoms with E-state index in [2.05, 4.69) is 39.2 Å². The molecule has 3 aliphatic heterocycles. The van der Waals surface area contributed by atoms with Crippen molar-refractivity contribution in [1.29, 1.82) is 0 Å². The van der Waals surface area contributed by atoms with E-state index in [1.165, 1.54) is 12.8 Å². The third kappa shape index (κ3) is 4.24. The summed E-state index contributed by atoms with van der Waals surface area (Å²) < 4.78 is 1.13. The summed E-state index contributed by atoms with van der Waals surface area (Å²) in [4.78, 5) is 20.6. The number of nitrogens with zero attached hydrogens (tertiary/aromatic N) is 2. The molecule has 7 nitrogen and oxygen atoms in total. The number of likely N-dealkylation sites (tertiary alicyclic amines) is 1. The minimum atomic E-state index is -0.329. The van der Waals surface area contributed by atoms with E-state index in [-0.39, 0.29) is 24.3 Å². The Morgan fingerprint density at radius 2 is 2.03 bits per heavy atom. The Bertz CT molecular complexity index is 840. The second kappa shape index (κ2) is 8.88. The molecule has 3 unspecified atom stereocenters. The van der Waals surface area contributed by atoms with Crippen LogP contribution in [0.25, 0.3) is 10.2 Å². The van der Waals surface area contributed by atoms with Crippen molar-refractivity contribution in [2.45, 2.75) is 57.0 Å². The number of hydrogen-bond donors (Lipinski definition) is 4. The van der Waals surface area contributed by atoms with Gasteiger partial charge in [0.25, 0.3) is 0 Å². The van der Waals surface area contributed by atoms with E-state index in [0.29, 0.717) is 6.04 Å². The lowest BCUT2D eigenvalue weighted by molar-refractivity contribution is -0.130. The molecular formula is C22H32N6OS. The van der Waals surface area contributed by atoms with Gasteiger partial charge in [-0.25, -0.2) is 4.98 Å². The van der Waals surface area contributed by atoms with E-state index in [4.69, 9.17) is 4.98 Å². The van der Waals surface area contributed by atoms with Crippen LogP contribution in [0.3, 0.4) is 0 Å². The molecule has 162 valence electrons. The van der Waals surface area contributed by atoms with E-state index in [0.717, 1.165) is 60.2 Å². The van der Waals surface area contributed by atoms with Crippen molar-refractivity contribution in [2.75, 3.05) is 26.2 Å². The minimum Gasteiger partial charge on any atom is -0.327 e.